The first-order chi connectivity index (χ1) is 8.35. The fourth-order valence-corrected chi connectivity index (χ4v) is 2.23. The van der Waals surface area contributed by atoms with Gasteiger partial charge in [0.1, 0.15) is 0 Å². The second-order valence-corrected chi connectivity index (χ2v) is 6.22. The predicted octanol–water partition coefficient (Wildman–Crippen LogP) is 2.62. The number of ketones is 1. The van der Waals surface area contributed by atoms with E-state index in [2.05, 4.69) is 33.3 Å². The topological polar surface area (TPSA) is 43.4 Å². The van der Waals surface area contributed by atoms with E-state index in [1.165, 1.54) is 7.11 Å². The van der Waals surface area contributed by atoms with Crippen LogP contribution in [0.25, 0.3) is 0 Å². The van der Waals surface area contributed by atoms with E-state index in [9.17, 15) is 9.59 Å². The summed E-state index contributed by atoms with van der Waals surface area (Å²) in [5, 5.41) is 0. The van der Waals surface area contributed by atoms with Gasteiger partial charge in [0.25, 0.3) is 0 Å². The van der Waals surface area contributed by atoms with Gasteiger partial charge in [-0.15, -0.1) is 0 Å². The number of thiol groups is 1. The minimum atomic E-state index is -0.580. The predicted molar refractivity (Wildman–Crippen MR) is 78.1 cm³/mol. The van der Waals surface area contributed by atoms with Gasteiger partial charge in [-0.2, -0.15) is 12.6 Å². The summed E-state index contributed by atoms with van der Waals surface area (Å²) in [6.07, 6.45) is 9.00. The number of Topliss-reactive ketones (excluding diaryl/α,β-unsaturated/α-hetero) is 1. The molecule has 0 aromatic heterocycles. The minimum Gasteiger partial charge on any atom is -0.469 e. The van der Waals surface area contributed by atoms with Crippen molar-refractivity contribution in [3.63, 3.8) is 0 Å². The number of hydrogen-bond donors (Lipinski definition) is 1. The third-order valence-corrected chi connectivity index (χ3v) is 3.43. The molecule has 0 spiro atoms. The number of halogens is 1. The highest BCUT2D eigenvalue weighted by molar-refractivity contribution is 9.10. The molecule has 1 aliphatic rings. The van der Waals surface area contributed by atoms with Crippen LogP contribution < -0.4 is 0 Å². The SMILES string of the molecule is COC(=O)CC(Br)C(=O)C1=CC(C)(S)C=CC=C1. The van der Waals surface area contributed by atoms with Crippen LogP contribution in [0.3, 0.4) is 0 Å². The smallest absolute Gasteiger partial charge is 0.307 e. The molecule has 0 saturated heterocycles. The molecule has 0 bridgehead atoms. The normalized spacial score (nSPS) is 24.1. The maximum atomic E-state index is 12.2. The molecule has 0 heterocycles. The quantitative estimate of drug-likeness (QED) is 0.489. The molecule has 5 heteroatoms. The summed E-state index contributed by atoms with van der Waals surface area (Å²) in [6, 6.07) is 0. The maximum Gasteiger partial charge on any atom is 0.307 e. The number of methoxy groups -OCH3 is 1. The van der Waals surface area contributed by atoms with Gasteiger partial charge < -0.3 is 4.74 Å². The van der Waals surface area contributed by atoms with E-state index in [1.54, 1.807) is 18.2 Å². The van der Waals surface area contributed by atoms with Gasteiger partial charge in [-0.05, 0) is 6.92 Å². The Morgan fingerprint density at radius 1 is 1.50 bits per heavy atom. The number of rotatable bonds is 4. The van der Waals surface area contributed by atoms with Gasteiger partial charge in [-0.25, -0.2) is 0 Å². The second-order valence-electron chi connectivity index (χ2n) is 4.16. The number of carbonyl (C=O) groups excluding carboxylic acids is 2. The van der Waals surface area contributed by atoms with Crippen molar-refractivity contribution in [1.82, 2.24) is 0 Å². The third kappa shape index (κ3) is 4.46. The minimum absolute atomic E-state index is 0.0111. The van der Waals surface area contributed by atoms with E-state index in [4.69, 9.17) is 0 Å². The van der Waals surface area contributed by atoms with E-state index in [1.807, 2.05) is 19.1 Å². The van der Waals surface area contributed by atoms with Crippen molar-refractivity contribution >= 4 is 40.3 Å². The van der Waals surface area contributed by atoms with Gasteiger partial charge in [0.15, 0.2) is 5.78 Å². The van der Waals surface area contributed by atoms with Gasteiger partial charge in [-0.3, -0.25) is 9.59 Å². The summed E-state index contributed by atoms with van der Waals surface area (Å²) in [7, 11) is 1.30. The average Bonchev–Trinajstić information content (AvgIpc) is 2.48. The summed E-state index contributed by atoms with van der Waals surface area (Å²) in [4.78, 5) is 22.7. The van der Waals surface area contributed by atoms with E-state index in [-0.39, 0.29) is 12.2 Å². The van der Waals surface area contributed by atoms with Crippen LogP contribution in [0.15, 0.2) is 36.0 Å². The van der Waals surface area contributed by atoms with Gasteiger partial charge in [-0.1, -0.05) is 46.3 Å². The lowest BCUT2D eigenvalue weighted by molar-refractivity contribution is -0.141. The Bertz CT molecular complexity index is 436. The van der Waals surface area contributed by atoms with Crippen molar-refractivity contribution in [3.8, 4) is 0 Å². The van der Waals surface area contributed by atoms with Crippen LogP contribution >= 0.6 is 28.6 Å². The van der Waals surface area contributed by atoms with Gasteiger partial charge in [0.05, 0.1) is 18.4 Å². The highest BCUT2D eigenvalue weighted by atomic mass is 79.9. The molecule has 18 heavy (non-hydrogen) atoms. The zero-order valence-corrected chi connectivity index (χ0v) is 12.7. The van der Waals surface area contributed by atoms with Gasteiger partial charge in [0.2, 0.25) is 0 Å². The Morgan fingerprint density at radius 3 is 2.78 bits per heavy atom. The largest absolute Gasteiger partial charge is 0.469 e. The lowest BCUT2D eigenvalue weighted by atomic mass is 10.0. The molecule has 0 saturated carbocycles. The Labute approximate surface area is 121 Å². The van der Waals surface area contributed by atoms with Crippen LogP contribution in [0.4, 0.5) is 0 Å². The molecule has 0 fully saturated rings. The van der Waals surface area contributed by atoms with Crippen LogP contribution in [-0.2, 0) is 14.3 Å². The van der Waals surface area contributed by atoms with E-state index >= 15 is 0 Å². The summed E-state index contributed by atoms with van der Waals surface area (Å²) < 4.78 is 4.06. The van der Waals surface area contributed by atoms with Crippen molar-refractivity contribution in [2.75, 3.05) is 7.11 Å². The van der Waals surface area contributed by atoms with Crippen LogP contribution in [0.5, 0.6) is 0 Å². The second kappa shape index (κ2) is 6.38. The molecule has 3 nitrogen and oxygen atoms in total. The Balaban J connectivity index is 2.84. The zero-order chi connectivity index (χ0) is 13.8. The van der Waals surface area contributed by atoms with Crippen LogP contribution in [0.1, 0.15) is 13.3 Å². The van der Waals surface area contributed by atoms with Crippen molar-refractivity contribution in [1.29, 1.82) is 0 Å². The monoisotopic (exact) mass is 330 g/mol. The van der Waals surface area contributed by atoms with E-state index in [0.29, 0.717) is 5.57 Å². The Morgan fingerprint density at radius 2 is 2.17 bits per heavy atom. The van der Waals surface area contributed by atoms with Crippen molar-refractivity contribution in [2.24, 2.45) is 0 Å². The fraction of sp³-hybridized carbons (Fsp3) is 0.385. The number of carbonyl (C=O) groups is 2. The van der Waals surface area contributed by atoms with Gasteiger partial charge >= 0.3 is 5.97 Å². The first-order valence-electron chi connectivity index (χ1n) is 5.42. The third-order valence-electron chi connectivity index (χ3n) is 2.41. The fourth-order valence-electron chi connectivity index (χ4n) is 1.48. The van der Waals surface area contributed by atoms with E-state index < -0.39 is 15.5 Å². The summed E-state index contributed by atoms with van der Waals surface area (Å²) in [5.74, 6) is -0.573. The maximum absolute atomic E-state index is 12.2. The number of allylic oxidation sites excluding steroid dienone is 4. The number of ether oxygens (including phenoxy) is 1. The molecule has 0 aliphatic heterocycles. The van der Waals surface area contributed by atoms with Crippen molar-refractivity contribution in [2.45, 2.75) is 22.9 Å². The Hall–Kier alpha value is -0.810. The molecule has 1 aliphatic carbocycles. The molecule has 0 aromatic rings. The first kappa shape index (κ1) is 15.2. The summed E-state index contributed by atoms with van der Waals surface area (Å²) >= 11 is 7.65. The molecule has 0 N–H and O–H groups in total. The number of alkyl halides is 1. The van der Waals surface area contributed by atoms with Gasteiger partial charge in [0, 0.05) is 10.3 Å². The standard InChI is InChI=1S/C13H15BrO3S/c1-13(18)6-4-3-5-9(8-13)12(16)10(14)7-11(15)17-2/h3-6,8,10,18H,7H2,1-2H3. The molecular formula is C13H15BrO3S. The molecular weight excluding hydrogens is 316 g/mol. The summed E-state index contributed by atoms with van der Waals surface area (Å²) in [6.45, 7) is 1.89. The average molecular weight is 331 g/mol. The molecule has 98 valence electrons. The molecule has 2 atom stereocenters. The molecule has 2 unspecified atom stereocenters. The van der Waals surface area contributed by atoms with Crippen molar-refractivity contribution < 1.29 is 14.3 Å². The number of esters is 1. The molecule has 0 aromatic carbocycles. The number of hydrogen-bond acceptors (Lipinski definition) is 4. The van der Waals surface area contributed by atoms with E-state index in [0.717, 1.165) is 0 Å². The highest BCUT2D eigenvalue weighted by Gasteiger charge is 2.24. The Kier molecular flexibility index (Phi) is 5.41. The zero-order valence-electron chi connectivity index (χ0n) is 10.2. The molecule has 0 radical (unpaired) electrons. The van der Waals surface area contributed by atoms with Crippen LogP contribution in [0.2, 0.25) is 0 Å². The van der Waals surface area contributed by atoms with Crippen LogP contribution in [-0.4, -0.2) is 28.4 Å². The first-order valence-corrected chi connectivity index (χ1v) is 6.78. The summed E-state index contributed by atoms with van der Waals surface area (Å²) in [5.41, 5.74) is 0.531. The molecule has 1 rings (SSSR count). The highest BCUT2D eigenvalue weighted by Crippen LogP contribution is 2.25. The lowest BCUT2D eigenvalue weighted by Gasteiger charge is -2.15. The van der Waals surface area contributed by atoms with Crippen LogP contribution in [0, 0.1) is 0 Å². The van der Waals surface area contributed by atoms with Crippen molar-refractivity contribution in [3.05, 3.63) is 36.0 Å². The lowest BCUT2D eigenvalue weighted by Crippen LogP contribution is -2.21. The molecule has 0 amide bonds.